The summed E-state index contributed by atoms with van der Waals surface area (Å²) in [6.07, 6.45) is 0. The maximum absolute atomic E-state index is 6.60. The van der Waals surface area contributed by atoms with Crippen molar-refractivity contribution in [1.29, 1.82) is 0 Å². The van der Waals surface area contributed by atoms with E-state index in [2.05, 4.69) is 216 Å². The van der Waals surface area contributed by atoms with Gasteiger partial charge in [-0.1, -0.05) is 152 Å². The monoisotopic (exact) mass is 728 g/mol. The average molecular weight is 729 g/mol. The number of rotatable bonds is 6. The zero-order valence-electron chi connectivity index (χ0n) is 31.1. The number of anilines is 6. The van der Waals surface area contributed by atoms with Gasteiger partial charge in [0.1, 0.15) is 5.58 Å². The zero-order valence-corrected chi connectivity index (χ0v) is 31.1. The van der Waals surface area contributed by atoms with Crippen LogP contribution in [0.5, 0.6) is 0 Å². The molecule has 1 aliphatic rings. The van der Waals surface area contributed by atoms with Crippen LogP contribution in [0.3, 0.4) is 0 Å². The lowest BCUT2D eigenvalue weighted by Crippen LogP contribution is -2.11. The fraction of sp³-hybridized carbons (Fsp3) is 0. The highest BCUT2D eigenvalue weighted by molar-refractivity contribution is 6.10. The third-order valence-corrected chi connectivity index (χ3v) is 11.2. The number of furan rings is 1. The summed E-state index contributed by atoms with van der Waals surface area (Å²) in [6, 6.07) is 78.1. The summed E-state index contributed by atoms with van der Waals surface area (Å²) in [5, 5.41) is 2.21. The molecule has 0 saturated heterocycles. The predicted molar refractivity (Wildman–Crippen MR) is 238 cm³/mol. The molecule has 268 valence electrons. The van der Waals surface area contributed by atoms with E-state index in [1.807, 2.05) is 12.1 Å². The molecule has 0 spiro atoms. The molecule has 57 heavy (non-hydrogen) atoms. The van der Waals surface area contributed by atoms with Crippen molar-refractivity contribution in [1.82, 2.24) is 0 Å². The van der Waals surface area contributed by atoms with Crippen molar-refractivity contribution in [2.24, 2.45) is 0 Å². The molecule has 3 nitrogen and oxygen atoms in total. The van der Waals surface area contributed by atoms with Gasteiger partial charge >= 0.3 is 0 Å². The van der Waals surface area contributed by atoms with Crippen molar-refractivity contribution in [3.05, 3.63) is 218 Å². The van der Waals surface area contributed by atoms with Crippen molar-refractivity contribution in [3.63, 3.8) is 0 Å². The van der Waals surface area contributed by atoms with Crippen LogP contribution in [0.2, 0.25) is 0 Å². The fourth-order valence-electron chi connectivity index (χ4n) is 8.53. The van der Waals surface area contributed by atoms with E-state index in [1.165, 1.54) is 39.1 Å². The molecule has 2 heterocycles. The third-order valence-electron chi connectivity index (χ3n) is 11.2. The standard InChI is InChI=1S/C54H36N2O/c1-3-14-37(15-4-1)38-26-31-42(32-27-38)55(52-24-13-22-48-47-21-10-12-25-53(47)57-54(48)52)43-33-28-39(29-34-43)40-30-35-51-49(36-40)45-19-8-7-18-44(45)46-20-9-11-23-50(46)56(51)41-16-5-2-6-17-41/h1-36H. The van der Waals surface area contributed by atoms with E-state index in [0.29, 0.717) is 0 Å². The number of hydrogen-bond acceptors (Lipinski definition) is 3. The Bertz CT molecular complexity index is 3060. The maximum Gasteiger partial charge on any atom is 0.159 e. The minimum Gasteiger partial charge on any atom is -0.454 e. The van der Waals surface area contributed by atoms with E-state index in [4.69, 9.17) is 4.42 Å². The Morgan fingerprint density at radius 3 is 1.61 bits per heavy atom. The second kappa shape index (κ2) is 13.6. The third kappa shape index (κ3) is 5.60. The maximum atomic E-state index is 6.60. The molecule has 0 atom stereocenters. The first kappa shape index (κ1) is 32.8. The van der Waals surface area contributed by atoms with Crippen molar-refractivity contribution < 1.29 is 4.42 Å². The summed E-state index contributed by atoms with van der Waals surface area (Å²) in [6.45, 7) is 0. The summed E-state index contributed by atoms with van der Waals surface area (Å²) in [7, 11) is 0. The second-order valence-electron chi connectivity index (χ2n) is 14.5. The molecule has 0 fully saturated rings. The molecule has 3 heteroatoms. The smallest absolute Gasteiger partial charge is 0.159 e. The van der Waals surface area contributed by atoms with E-state index in [1.54, 1.807) is 0 Å². The molecule has 0 saturated carbocycles. The van der Waals surface area contributed by atoms with Crippen LogP contribution in [0.15, 0.2) is 223 Å². The lowest BCUT2D eigenvalue weighted by Gasteiger charge is -2.27. The molecular weight excluding hydrogens is 693 g/mol. The molecule has 1 aromatic heterocycles. The van der Waals surface area contributed by atoms with Crippen LogP contribution in [-0.4, -0.2) is 0 Å². The van der Waals surface area contributed by atoms with Crippen LogP contribution in [0.25, 0.3) is 66.4 Å². The predicted octanol–water partition coefficient (Wildman–Crippen LogP) is 15.5. The molecule has 1 aliphatic heterocycles. The van der Waals surface area contributed by atoms with Gasteiger partial charge in [-0.15, -0.1) is 0 Å². The van der Waals surface area contributed by atoms with Crippen molar-refractivity contribution in [3.8, 4) is 44.5 Å². The molecule has 0 aliphatic carbocycles. The Balaban J connectivity index is 1.04. The number of para-hydroxylation sites is 4. The van der Waals surface area contributed by atoms with E-state index in [9.17, 15) is 0 Å². The highest BCUT2D eigenvalue weighted by Gasteiger charge is 2.26. The minimum atomic E-state index is 0.864. The van der Waals surface area contributed by atoms with Gasteiger partial charge in [0.15, 0.2) is 5.58 Å². The SMILES string of the molecule is c1ccc(-c2ccc(N(c3ccc(-c4ccc5c(c4)-c4ccccc4-c4ccccc4N5c4ccccc4)cc3)c3cccc4c3oc3ccccc34)cc2)cc1. The first-order chi connectivity index (χ1) is 28.3. The molecule has 0 N–H and O–H groups in total. The molecular formula is C54H36N2O. The summed E-state index contributed by atoms with van der Waals surface area (Å²) in [5.41, 5.74) is 17.8. The Morgan fingerprint density at radius 2 is 0.877 bits per heavy atom. The quantitative estimate of drug-likeness (QED) is 0.170. The Hall–Kier alpha value is -7.62. The Labute approximate surface area is 332 Å². The highest BCUT2D eigenvalue weighted by Crippen LogP contribution is 2.51. The summed E-state index contributed by atoms with van der Waals surface area (Å²) < 4.78 is 6.60. The molecule has 0 bridgehead atoms. The number of hydrogen-bond donors (Lipinski definition) is 0. The van der Waals surface area contributed by atoms with Gasteiger partial charge in [-0.25, -0.2) is 0 Å². The molecule has 9 aromatic carbocycles. The van der Waals surface area contributed by atoms with Gasteiger partial charge < -0.3 is 14.2 Å². The summed E-state index contributed by atoms with van der Waals surface area (Å²) in [5.74, 6) is 0. The fourth-order valence-corrected chi connectivity index (χ4v) is 8.53. The van der Waals surface area contributed by atoms with Crippen LogP contribution in [0.4, 0.5) is 34.1 Å². The van der Waals surface area contributed by atoms with Crippen LogP contribution in [0, 0.1) is 0 Å². The zero-order chi connectivity index (χ0) is 37.7. The van der Waals surface area contributed by atoms with Gasteiger partial charge in [-0.05, 0) is 100 Å². The lowest BCUT2D eigenvalue weighted by atomic mass is 9.92. The van der Waals surface area contributed by atoms with Gasteiger partial charge in [-0.2, -0.15) is 0 Å². The largest absolute Gasteiger partial charge is 0.454 e. The lowest BCUT2D eigenvalue weighted by molar-refractivity contribution is 0.669. The number of benzene rings is 9. The first-order valence-electron chi connectivity index (χ1n) is 19.4. The number of nitrogens with zero attached hydrogens (tertiary/aromatic N) is 2. The Kier molecular flexibility index (Phi) is 7.82. The van der Waals surface area contributed by atoms with Gasteiger partial charge in [-0.3, -0.25) is 0 Å². The van der Waals surface area contributed by atoms with Crippen LogP contribution in [-0.2, 0) is 0 Å². The van der Waals surface area contributed by atoms with Crippen molar-refractivity contribution >= 4 is 56.1 Å². The Morgan fingerprint density at radius 1 is 0.351 bits per heavy atom. The van der Waals surface area contributed by atoms with E-state index in [0.717, 1.165) is 61.5 Å². The van der Waals surface area contributed by atoms with E-state index >= 15 is 0 Å². The number of fused-ring (bicyclic) bond motifs is 8. The van der Waals surface area contributed by atoms with Crippen LogP contribution in [0.1, 0.15) is 0 Å². The minimum absolute atomic E-state index is 0.864. The molecule has 11 rings (SSSR count). The highest BCUT2D eigenvalue weighted by atomic mass is 16.3. The van der Waals surface area contributed by atoms with Crippen LogP contribution >= 0.6 is 0 Å². The van der Waals surface area contributed by atoms with Crippen LogP contribution < -0.4 is 9.80 Å². The molecule has 0 radical (unpaired) electrons. The first-order valence-corrected chi connectivity index (χ1v) is 19.4. The normalized spacial score (nSPS) is 11.8. The van der Waals surface area contributed by atoms with Crippen molar-refractivity contribution in [2.75, 3.05) is 9.80 Å². The van der Waals surface area contributed by atoms with Crippen molar-refractivity contribution in [2.45, 2.75) is 0 Å². The van der Waals surface area contributed by atoms with E-state index in [-0.39, 0.29) is 0 Å². The summed E-state index contributed by atoms with van der Waals surface area (Å²) in [4.78, 5) is 4.71. The molecule has 0 amide bonds. The van der Waals surface area contributed by atoms with Gasteiger partial charge in [0.2, 0.25) is 0 Å². The average Bonchev–Trinajstić information content (AvgIpc) is 3.62. The van der Waals surface area contributed by atoms with Gasteiger partial charge in [0.05, 0.1) is 17.1 Å². The molecule has 0 unspecified atom stereocenters. The van der Waals surface area contributed by atoms with Gasteiger partial charge in [0, 0.05) is 39.0 Å². The second-order valence-corrected chi connectivity index (χ2v) is 14.5. The summed E-state index contributed by atoms with van der Waals surface area (Å²) >= 11 is 0. The molecule has 10 aromatic rings. The van der Waals surface area contributed by atoms with Gasteiger partial charge in [0.25, 0.3) is 0 Å². The van der Waals surface area contributed by atoms with E-state index < -0.39 is 0 Å². The topological polar surface area (TPSA) is 19.6 Å².